The lowest BCUT2D eigenvalue weighted by molar-refractivity contribution is -0.118. The highest BCUT2D eigenvalue weighted by Gasteiger charge is 2.10. The zero-order chi connectivity index (χ0) is 9.61. The first-order valence-electron chi connectivity index (χ1n) is 3.27. The molecular formula is C7H11NO3S. The Kier molecular flexibility index (Phi) is 4.28. The maximum absolute atomic E-state index is 10.9. The number of rotatable bonds is 5. The highest BCUT2D eigenvalue weighted by molar-refractivity contribution is 7.90. The van der Waals surface area contributed by atoms with Gasteiger partial charge in [-0.1, -0.05) is 12.2 Å². The molecule has 0 aliphatic carbocycles. The number of nitrogens with one attached hydrogen (secondary N) is 1. The van der Waals surface area contributed by atoms with Crippen LogP contribution in [0.5, 0.6) is 0 Å². The first-order chi connectivity index (χ1) is 5.52. The monoisotopic (exact) mass is 189 g/mol. The molecule has 4 nitrogen and oxygen atoms in total. The second-order valence-electron chi connectivity index (χ2n) is 2.09. The van der Waals surface area contributed by atoms with Gasteiger partial charge in [0.2, 0.25) is 15.9 Å². The van der Waals surface area contributed by atoms with Crippen LogP contribution in [0, 0.1) is 0 Å². The summed E-state index contributed by atoms with van der Waals surface area (Å²) in [7, 11) is -3.52. The summed E-state index contributed by atoms with van der Waals surface area (Å²) < 4.78 is 23.6. The van der Waals surface area contributed by atoms with E-state index in [-0.39, 0.29) is 12.2 Å². The molecule has 0 fully saturated rings. The van der Waals surface area contributed by atoms with Crippen molar-refractivity contribution in [3.63, 3.8) is 0 Å². The average Bonchev–Trinajstić information content (AvgIpc) is 1.85. The van der Waals surface area contributed by atoms with Crippen molar-refractivity contribution in [2.24, 2.45) is 0 Å². The van der Waals surface area contributed by atoms with Gasteiger partial charge in [0.1, 0.15) is 0 Å². The molecule has 0 unspecified atom stereocenters. The first kappa shape index (κ1) is 10.9. The lowest BCUT2D eigenvalue weighted by Crippen LogP contribution is -2.31. The van der Waals surface area contributed by atoms with Crippen molar-refractivity contribution in [2.45, 2.75) is 6.42 Å². The van der Waals surface area contributed by atoms with E-state index >= 15 is 0 Å². The highest BCUT2D eigenvalue weighted by atomic mass is 32.2. The molecule has 0 radical (unpaired) electrons. The Morgan fingerprint density at radius 1 is 1.33 bits per heavy atom. The van der Waals surface area contributed by atoms with E-state index < -0.39 is 15.9 Å². The molecule has 1 amide bonds. The van der Waals surface area contributed by atoms with Crippen molar-refractivity contribution >= 4 is 15.9 Å². The summed E-state index contributed by atoms with van der Waals surface area (Å²) in [6, 6.07) is 0. The van der Waals surface area contributed by atoms with E-state index in [9.17, 15) is 13.2 Å². The normalized spacial score (nSPS) is 10.3. The van der Waals surface area contributed by atoms with Crippen LogP contribution in [0.3, 0.4) is 0 Å². The van der Waals surface area contributed by atoms with E-state index in [2.05, 4.69) is 13.2 Å². The maximum Gasteiger partial charge on any atom is 0.238 e. The fourth-order valence-corrected chi connectivity index (χ4v) is 1.37. The van der Waals surface area contributed by atoms with E-state index in [0.29, 0.717) is 0 Å². The highest BCUT2D eigenvalue weighted by Crippen LogP contribution is 1.87. The predicted molar refractivity (Wildman–Crippen MR) is 46.9 cm³/mol. The number of hydrogen-bond donors (Lipinski definition) is 1. The Hall–Kier alpha value is -1.10. The van der Waals surface area contributed by atoms with E-state index in [0.717, 1.165) is 0 Å². The van der Waals surface area contributed by atoms with Crippen LogP contribution in [0.15, 0.2) is 25.3 Å². The molecular weight excluding hydrogens is 178 g/mol. The van der Waals surface area contributed by atoms with Gasteiger partial charge in [-0.05, 0) is 0 Å². The van der Waals surface area contributed by atoms with E-state index in [1.165, 1.54) is 12.2 Å². The molecule has 0 rings (SSSR count). The minimum absolute atomic E-state index is 0.00360. The van der Waals surface area contributed by atoms with Crippen molar-refractivity contribution in [3.05, 3.63) is 25.3 Å². The number of carbonyl (C=O) groups is 1. The zero-order valence-corrected chi connectivity index (χ0v) is 7.43. The maximum atomic E-state index is 10.9. The van der Waals surface area contributed by atoms with Crippen LogP contribution in [-0.2, 0) is 14.8 Å². The Bertz CT molecular complexity index is 279. The summed E-state index contributed by atoms with van der Waals surface area (Å²) in [4.78, 5) is 10.7. The van der Waals surface area contributed by atoms with Crippen LogP contribution in [0.2, 0.25) is 0 Å². The third kappa shape index (κ3) is 4.68. The zero-order valence-electron chi connectivity index (χ0n) is 6.62. The van der Waals surface area contributed by atoms with Gasteiger partial charge in [-0.15, -0.1) is 13.2 Å². The molecule has 12 heavy (non-hydrogen) atoms. The largest absolute Gasteiger partial charge is 0.274 e. The summed E-state index contributed by atoms with van der Waals surface area (Å²) in [6.45, 7) is 6.55. The van der Waals surface area contributed by atoms with Gasteiger partial charge in [-0.3, -0.25) is 9.52 Å². The van der Waals surface area contributed by atoms with Gasteiger partial charge < -0.3 is 0 Å². The molecule has 0 aromatic rings. The lowest BCUT2D eigenvalue weighted by Gasteiger charge is -2.01. The van der Waals surface area contributed by atoms with Crippen molar-refractivity contribution in [2.75, 3.05) is 5.75 Å². The third-order valence-electron chi connectivity index (χ3n) is 0.936. The molecule has 0 bridgehead atoms. The predicted octanol–water partition coefficient (Wildman–Crippen LogP) is 0.195. The number of hydrogen-bond acceptors (Lipinski definition) is 3. The Morgan fingerprint density at radius 2 is 1.92 bits per heavy atom. The molecule has 0 heterocycles. The first-order valence-corrected chi connectivity index (χ1v) is 4.92. The molecule has 0 aromatic heterocycles. The second kappa shape index (κ2) is 4.71. The third-order valence-corrected chi connectivity index (χ3v) is 2.15. The lowest BCUT2D eigenvalue weighted by atomic mass is 10.4. The molecule has 5 heteroatoms. The number of sulfonamides is 1. The molecule has 0 atom stereocenters. The van der Waals surface area contributed by atoms with Crippen LogP contribution in [-0.4, -0.2) is 20.1 Å². The minimum Gasteiger partial charge on any atom is -0.274 e. The molecule has 0 aliphatic rings. The molecule has 0 aliphatic heterocycles. The SMILES string of the molecule is C=CCC(=O)NS(=O)(=O)CC=C. The van der Waals surface area contributed by atoms with Crippen LogP contribution in [0.1, 0.15) is 6.42 Å². The van der Waals surface area contributed by atoms with E-state index in [1.807, 2.05) is 4.72 Å². The summed E-state index contributed by atoms with van der Waals surface area (Å²) in [5, 5.41) is 0. The second-order valence-corrected chi connectivity index (χ2v) is 3.86. The van der Waals surface area contributed by atoms with Crippen LogP contribution in [0.25, 0.3) is 0 Å². The van der Waals surface area contributed by atoms with Gasteiger partial charge in [0.25, 0.3) is 0 Å². The van der Waals surface area contributed by atoms with Gasteiger partial charge in [0.05, 0.1) is 5.75 Å². The van der Waals surface area contributed by atoms with Gasteiger partial charge in [0.15, 0.2) is 0 Å². The smallest absolute Gasteiger partial charge is 0.238 e. The molecule has 0 saturated carbocycles. The molecule has 68 valence electrons. The number of carbonyl (C=O) groups excluding carboxylic acids is 1. The fourth-order valence-electron chi connectivity index (χ4n) is 0.543. The van der Waals surface area contributed by atoms with Gasteiger partial charge in [-0.25, -0.2) is 8.42 Å². The Labute approximate surface area is 72.0 Å². The van der Waals surface area contributed by atoms with E-state index in [1.54, 1.807) is 0 Å². The Morgan fingerprint density at radius 3 is 2.33 bits per heavy atom. The molecule has 0 saturated heterocycles. The molecule has 0 aromatic carbocycles. The summed E-state index contributed by atoms with van der Waals surface area (Å²) in [5.74, 6) is -0.831. The fraction of sp³-hybridized carbons (Fsp3) is 0.286. The van der Waals surface area contributed by atoms with Crippen LogP contribution < -0.4 is 4.72 Å². The van der Waals surface area contributed by atoms with Crippen LogP contribution >= 0.6 is 0 Å². The van der Waals surface area contributed by atoms with Crippen molar-refractivity contribution in [3.8, 4) is 0 Å². The average molecular weight is 189 g/mol. The standard InChI is InChI=1S/C7H11NO3S/c1-3-5-7(9)8-12(10,11)6-4-2/h3-4H,1-2,5-6H2,(H,8,9). The van der Waals surface area contributed by atoms with E-state index in [4.69, 9.17) is 0 Å². The Balaban J connectivity index is 4.15. The quantitative estimate of drug-likeness (QED) is 0.628. The van der Waals surface area contributed by atoms with Gasteiger partial charge in [0, 0.05) is 6.42 Å². The molecule has 1 N–H and O–H groups in total. The van der Waals surface area contributed by atoms with Crippen molar-refractivity contribution < 1.29 is 13.2 Å². The van der Waals surface area contributed by atoms with Crippen molar-refractivity contribution in [1.29, 1.82) is 0 Å². The minimum atomic E-state index is -3.52. The number of amides is 1. The summed E-state index contributed by atoms with van der Waals surface area (Å²) in [5.41, 5.74) is 0. The van der Waals surface area contributed by atoms with Crippen LogP contribution in [0.4, 0.5) is 0 Å². The summed E-state index contributed by atoms with van der Waals surface area (Å²) >= 11 is 0. The summed E-state index contributed by atoms with van der Waals surface area (Å²) in [6.07, 6.45) is 2.54. The molecule has 0 spiro atoms. The van der Waals surface area contributed by atoms with Crippen molar-refractivity contribution in [1.82, 2.24) is 4.72 Å². The van der Waals surface area contributed by atoms with Gasteiger partial charge in [-0.2, -0.15) is 0 Å². The van der Waals surface area contributed by atoms with Gasteiger partial charge >= 0.3 is 0 Å². The topological polar surface area (TPSA) is 63.2 Å².